The normalized spacial score (nSPS) is 16.6. The number of benzene rings is 2. The van der Waals surface area contributed by atoms with E-state index in [-0.39, 0.29) is 30.5 Å². The number of para-hydroxylation sites is 2. The molecular weight excluding hydrogens is 368 g/mol. The number of anilines is 1. The molecule has 0 aliphatic carbocycles. The van der Waals surface area contributed by atoms with Gasteiger partial charge in [0, 0.05) is 18.7 Å². The Bertz CT molecular complexity index is 891. The number of fused-ring (bicyclic) bond motifs is 1. The molecule has 0 saturated heterocycles. The van der Waals surface area contributed by atoms with Gasteiger partial charge in [-0.2, -0.15) is 0 Å². The zero-order chi connectivity index (χ0) is 20.3. The van der Waals surface area contributed by atoms with Crippen LogP contribution in [0.1, 0.15) is 18.5 Å². The topological polar surface area (TPSA) is 70.7 Å². The zero-order valence-electron chi connectivity index (χ0n) is 15.5. The van der Waals surface area contributed by atoms with Gasteiger partial charge in [-0.05, 0) is 25.1 Å². The summed E-state index contributed by atoms with van der Waals surface area (Å²) < 4.78 is 32.7. The standard InChI is InChI=1S/C20H21F2N3O3/c1-12(14-8-7-13(21)9-15(14)22)24-19(26)11-25-10-18(20(27)23-2)28-17-6-4-3-5-16(17)25/h3-9,12,18H,10-11H2,1-2H3,(H,23,27)(H,24,26)/t12-,18-/m1/s1. The molecule has 2 atom stereocenters. The van der Waals surface area contributed by atoms with Gasteiger partial charge in [-0.25, -0.2) is 8.78 Å². The summed E-state index contributed by atoms with van der Waals surface area (Å²) in [5.41, 5.74) is 0.888. The Hall–Kier alpha value is -3.16. The summed E-state index contributed by atoms with van der Waals surface area (Å²) in [6, 6.07) is 9.71. The van der Waals surface area contributed by atoms with Crippen LogP contribution in [-0.2, 0) is 9.59 Å². The lowest BCUT2D eigenvalue weighted by Gasteiger charge is -2.35. The van der Waals surface area contributed by atoms with Crippen molar-refractivity contribution in [3.8, 4) is 5.75 Å². The van der Waals surface area contributed by atoms with Crippen molar-refractivity contribution in [1.82, 2.24) is 10.6 Å². The fourth-order valence-electron chi connectivity index (χ4n) is 3.15. The van der Waals surface area contributed by atoms with Gasteiger partial charge in [0.1, 0.15) is 17.4 Å². The monoisotopic (exact) mass is 389 g/mol. The quantitative estimate of drug-likeness (QED) is 0.822. The highest BCUT2D eigenvalue weighted by molar-refractivity contribution is 5.86. The summed E-state index contributed by atoms with van der Waals surface area (Å²) >= 11 is 0. The lowest BCUT2D eigenvalue weighted by Crippen LogP contribution is -2.50. The first-order chi connectivity index (χ1) is 13.4. The minimum Gasteiger partial charge on any atom is -0.477 e. The second kappa shape index (κ2) is 8.24. The van der Waals surface area contributed by atoms with Crippen LogP contribution in [0, 0.1) is 11.6 Å². The Morgan fingerprint density at radius 1 is 1.25 bits per heavy atom. The molecule has 2 aromatic rings. The van der Waals surface area contributed by atoms with Crippen LogP contribution in [0.2, 0.25) is 0 Å². The molecule has 6 nitrogen and oxygen atoms in total. The van der Waals surface area contributed by atoms with E-state index < -0.39 is 23.8 Å². The van der Waals surface area contributed by atoms with Crippen LogP contribution in [-0.4, -0.2) is 38.1 Å². The highest BCUT2D eigenvalue weighted by Gasteiger charge is 2.31. The number of hydrogen-bond acceptors (Lipinski definition) is 4. The van der Waals surface area contributed by atoms with E-state index in [1.165, 1.54) is 13.1 Å². The molecule has 2 aromatic carbocycles. The number of ether oxygens (including phenoxy) is 1. The molecule has 28 heavy (non-hydrogen) atoms. The number of likely N-dealkylation sites (N-methyl/N-ethyl adjacent to an activating group) is 1. The molecule has 8 heteroatoms. The molecule has 1 aliphatic heterocycles. The lowest BCUT2D eigenvalue weighted by molar-refractivity contribution is -0.127. The Morgan fingerprint density at radius 3 is 2.71 bits per heavy atom. The number of carbonyl (C=O) groups is 2. The summed E-state index contributed by atoms with van der Waals surface area (Å²) in [6.07, 6.45) is -0.750. The molecule has 0 spiro atoms. The predicted molar refractivity (Wildman–Crippen MR) is 100 cm³/mol. The SMILES string of the molecule is CNC(=O)[C@H]1CN(CC(=O)N[C@H](C)c2ccc(F)cc2F)c2ccccc2O1. The van der Waals surface area contributed by atoms with Gasteiger partial charge >= 0.3 is 0 Å². The third kappa shape index (κ3) is 4.21. The number of halogens is 2. The minimum atomic E-state index is -0.750. The third-order valence-electron chi connectivity index (χ3n) is 4.54. The highest BCUT2D eigenvalue weighted by atomic mass is 19.1. The highest BCUT2D eigenvalue weighted by Crippen LogP contribution is 2.33. The van der Waals surface area contributed by atoms with Crippen LogP contribution in [0.15, 0.2) is 42.5 Å². The molecule has 3 rings (SSSR count). The van der Waals surface area contributed by atoms with Gasteiger partial charge in [-0.15, -0.1) is 0 Å². The average Bonchev–Trinajstić information content (AvgIpc) is 2.66. The lowest BCUT2D eigenvalue weighted by atomic mass is 10.1. The number of nitrogens with one attached hydrogen (secondary N) is 2. The van der Waals surface area contributed by atoms with Crippen molar-refractivity contribution in [2.75, 3.05) is 25.0 Å². The first-order valence-corrected chi connectivity index (χ1v) is 8.85. The molecule has 0 aromatic heterocycles. The summed E-state index contributed by atoms with van der Waals surface area (Å²) in [5.74, 6) is -1.54. The second-order valence-electron chi connectivity index (χ2n) is 6.52. The van der Waals surface area contributed by atoms with Crippen LogP contribution in [0.5, 0.6) is 5.75 Å². The van der Waals surface area contributed by atoms with Crippen LogP contribution < -0.4 is 20.3 Å². The van der Waals surface area contributed by atoms with Crippen molar-refractivity contribution < 1.29 is 23.1 Å². The maximum atomic E-state index is 13.9. The van der Waals surface area contributed by atoms with Gasteiger partial charge in [0.25, 0.3) is 5.91 Å². The van der Waals surface area contributed by atoms with Crippen LogP contribution >= 0.6 is 0 Å². The van der Waals surface area contributed by atoms with E-state index in [0.29, 0.717) is 11.4 Å². The predicted octanol–water partition coefficient (Wildman–Crippen LogP) is 2.16. The number of hydrogen-bond donors (Lipinski definition) is 2. The Balaban J connectivity index is 1.72. The summed E-state index contributed by atoms with van der Waals surface area (Å²) in [5, 5.41) is 5.25. The number of amides is 2. The summed E-state index contributed by atoms with van der Waals surface area (Å²) in [4.78, 5) is 26.3. The third-order valence-corrected chi connectivity index (χ3v) is 4.54. The van der Waals surface area contributed by atoms with E-state index in [1.807, 2.05) is 6.07 Å². The molecule has 1 heterocycles. The van der Waals surface area contributed by atoms with E-state index in [0.717, 1.165) is 12.1 Å². The van der Waals surface area contributed by atoms with Crippen molar-refractivity contribution >= 4 is 17.5 Å². The number of carbonyl (C=O) groups excluding carboxylic acids is 2. The van der Waals surface area contributed by atoms with Gasteiger partial charge in [-0.3, -0.25) is 9.59 Å². The summed E-state index contributed by atoms with van der Waals surface area (Å²) in [7, 11) is 1.52. The van der Waals surface area contributed by atoms with Gasteiger partial charge in [0.05, 0.1) is 24.8 Å². The van der Waals surface area contributed by atoms with E-state index in [1.54, 1.807) is 30.0 Å². The van der Waals surface area contributed by atoms with Crippen LogP contribution in [0.25, 0.3) is 0 Å². The molecule has 0 radical (unpaired) electrons. The molecule has 2 N–H and O–H groups in total. The van der Waals surface area contributed by atoms with Gasteiger partial charge < -0.3 is 20.3 Å². The molecule has 0 bridgehead atoms. The van der Waals surface area contributed by atoms with Crippen molar-refractivity contribution in [1.29, 1.82) is 0 Å². The Labute approximate surface area is 161 Å². The fourth-order valence-corrected chi connectivity index (χ4v) is 3.15. The fraction of sp³-hybridized carbons (Fsp3) is 0.300. The smallest absolute Gasteiger partial charge is 0.262 e. The average molecular weight is 389 g/mol. The maximum absolute atomic E-state index is 13.9. The largest absolute Gasteiger partial charge is 0.477 e. The van der Waals surface area contributed by atoms with E-state index in [2.05, 4.69) is 10.6 Å². The first-order valence-electron chi connectivity index (χ1n) is 8.85. The maximum Gasteiger partial charge on any atom is 0.262 e. The van der Waals surface area contributed by atoms with Crippen molar-refractivity contribution in [3.63, 3.8) is 0 Å². The van der Waals surface area contributed by atoms with Crippen molar-refractivity contribution in [3.05, 3.63) is 59.7 Å². The molecule has 1 aliphatic rings. The van der Waals surface area contributed by atoms with Crippen LogP contribution in [0.4, 0.5) is 14.5 Å². The summed E-state index contributed by atoms with van der Waals surface area (Å²) in [6.45, 7) is 1.78. The minimum absolute atomic E-state index is 0.0407. The molecule has 2 amide bonds. The Kier molecular flexibility index (Phi) is 5.77. The molecule has 148 valence electrons. The number of nitrogens with zero attached hydrogens (tertiary/aromatic N) is 1. The van der Waals surface area contributed by atoms with Crippen molar-refractivity contribution in [2.45, 2.75) is 19.1 Å². The molecule has 0 saturated carbocycles. The first kappa shape index (κ1) is 19.6. The number of rotatable bonds is 5. The van der Waals surface area contributed by atoms with Crippen LogP contribution in [0.3, 0.4) is 0 Å². The van der Waals surface area contributed by atoms with E-state index >= 15 is 0 Å². The van der Waals surface area contributed by atoms with Crippen molar-refractivity contribution in [2.24, 2.45) is 0 Å². The van der Waals surface area contributed by atoms with E-state index in [9.17, 15) is 18.4 Å². The molecule has 0 unspecified atom stereocenters. The molecule has 0 fully saturated rings. The van der Waals surface area contributed by atoms with Gasteiger partial charge in [-0.1, -0.05) is 18.2 Å². The van der Waals surface area contributed by atoms with Gasteiger partial charge in [0.15, 0.2) is 6.10 Å². The molecular formula is C20H21F2N3O3. The Morgan fingerprint density at radius 2 is 2.00 bits per heavy atom. The van der Waals surface area contributed by atoms with Gasteiger partial charge in [0.2, 0.25) is 5.91 Å². The second-order valence-corrected chi connectivity index (χ2v) is 6.52. The zero-order valence-corrected chi connectivity index (χ0v) is 15.5. The van der Waals surface area contributed by atoms with E-state index in [4.69, 9.17) is 4.74 Å².